The summed E-state index contributed by atoms with van der Waals surface area (Å²) in [6.07, 6.45) is 1.60. The predicted molar refractivity (Wildman–Crippen MR) is 77.8 cm³/mol. The average molecular weight is 319 g/mol. The molecule has 0 aliphatic rings. The quantitative estimate of drug-likeness (QED) is 0.669. The molecule has 0 atom stereocenters. The van der Waals surface area contributed by atoms with Crippen LogP contribution < -0.4 is 0 Å². The van der Waals surface area contributed by atoms with Crippen LogP contribution in [-0.4, -0.2) is 16.2 Å². The van der Waals surface area contributed by atoms with Gasteiger partial charge >= 0.3 is 5.97 Å². The zero-order valence-corrected chi connectivity index (χ0v) is 11.5. The van der Waals surface area contributed by atoms with Crippen LogP contribution in [0.2, 0.25) is 0 Å². The van der Waals surface area contributed by atoms with Crippen molar-refractivity contribution < 1.29 is 15.0 Å². The van der Waals surface area contributed by atoms with E-state index in [0.29, 0.717) is 5.56 Å². The minimum atomic E-state index is -1.01. The van der Waals surface area contributed by atoms with E-state index < -0.39 is 5.97 Å². The van der Waals surface area contributed by atoms with Crippen molar-refractivity contribution in [3.8, 4) is 5.75 Å². The SMILES string of the molecule is O=C(O)/C(=C\c1ccc(Br)cc1)c1ccc(O)cc1. The molecule has 2 aromatic rings. The first-order chi connectivity index (χ1) is 9.06. The number of carboxylic acid groups (broad SMARTS) is 1. The number of aliphatic carboxylic acids is 1. The molecule has 3 nitrogen and oxygen atoms in total. The summed E-state index contributed by atoms with van der Waals surface area (Å²) in [7, 11) is 0. The van der Waals surface area contributed by atoms with Gasteiger partial charge in [-0.05, 0) is 41.5 Å². The van der Waals surface area contributed by atoms with E-state index in [-0.39, 0.29) is 11.3 Å². The van der Waals surface area contributed by atoms with Gasteiger partial charge in [-0.3, -0.25) is 0 Å². The Kier molecular flexibility index (Phi) is 4.02. The zero-order chi connectivity index (χ0) is 13.8. The zero-order valence-electron chi connectivity index (χ0n) is 9.88. The van der Waals surface area contributed by atoms with Crippen LogP contribution in [0.4, 0.5) is 0 Å². The average Bonchev–Trinajstić information content (AvgIpc) is 2.39. The van der Waals surface area contributed by atoms with Crippen LogP contribution in [-0.2, 0) is 4.79 Å². The Morgan fingerprint density at radius 2 is 1.58 bits per heavy atom. The van der Waals surface area contributed by atoms with E-state index in [2.05, 4.69) is 15.9 Å². The van der Waals surface area contributed by atoms with Crippen molar-refractivity contribution in [2.24, 2.45) is 0 Å². The standard InChI is InChI=1S/C15H11BrO3/c16-12-5-1-10(2-6-12)9-14(15(18)19)11-3-7-13(17)8-4-11/h1-9,17H,(H,18,19)/b14-9-. The maximum atomic E-state index is 11.3. The first kappa shape index (κ1) is 13.4. The number of rotatable bonds is 3. The summed E-state index contributed by atoms with van der Waals surface area (Å²) in [6.45, 7) is 0. The highest BCUT2D eigenvalue weighted by molar-refractivity contribution is 9.10. The largest absolute Gasteiger partial charge is 0.508 e. The van der Waals surface area contributed by atoms with Gasteiger partial charge in [-0.1, -0.05) is 40.2 Å². The Morgan fingerprint density at radius 1 is 1.00 bits per heavy atom. The molecule has 0 aliphatic heterocycles. The summed E-state index contributed by atoms with van der Waals surface area (Å²) in [6, 6.07) is 13.4. The first-order valence-electron chi connectivity index (χ1n) is 5.56. The van der Waals surface area contributed by atoms with Gasteiger partial charge in [0.05, 0.1) is 5.57 Å². The molecule has 0 heterocycles. The molecule has 0 saturated heterocycles. The summed E-state index contributed by atoms with van der Waals surface area (Å²) in [4.78, 5) is 11.3. The molecule has 0 spiro atoms. The first-order valence-corrected chi connectivity index (χ1v) is 6.35. The third-order valence-corrected chi connectivity index (χ3v) is 3.12. The summed E-state index contributed by atoms with van der Waals surface area (Å²) < 4.78 is 0.936. The molecule has 2 N–H and O–H groups in total. The number of benzene rings is 2. The van der Waals surface area contributed by atoms with Crippen LogP contribution in [0.25, 0.3) is 11.6 Å². The number of halogens is 1. The lowest BCUT2D eigenvalue weighted by atomic mass is 10.0. The lowest BCUT2D eigenvalue weighted by Gasteiger charge is -2.03. The number of phenolic OH excluding ortho intramolecular Hbond substituents is 1. The summed E-state index contributed by atoms with van der Waals surface area (Å²) >= 11 is 3.33. The van der Waals surface area contributed by atoms with Crippen molar-refractivity contribution in [3.63, 3.8) is 0 Å². The number of aromatic hydroxyl groups is 1. The number of carboxylic acids is 1. The Balaban J connectivity index is 2.43. The monoisotopic (exact) mass is 318 g/mol. The van der Waals surface area contributed by atoms with E-state index in [1.807, 2.05) is 24.3 Å². The third kappa shape index (κ3) is 3.45. The number of carbonyl (C=O) groups is 1. The Morgan fingerprint density at radius 3 is 2.11 bits per heavy atom. The van der Waals surface area contributed by atoms with Gasteiger partial charge in [0, 0.05) is 4.47 Å². The summed E-state index contributed by atoms with van der Waals surface area (Å²) in [5.74, 6) is -0.897. The van der Waals surface area contributed by atoms with Gasteiger partial charge in [0.2, 0.25) is 0 Å². The van der Waals surface area contributed by atoms with Crippen LogP contribution in [0.5, 0.6) is 5.75 Å². The van der Waals surface area contributed by atoms with Crippen LogP contribution >= 0.6 is 15.9 Å². The van der Waals surface area contributed by atoms with Crippen LogP contribution in [0.3, 0.4) is 0 Å². The lowest BCUT2D eigenvalue weighted by molar-refractivity contribution is -0.130. The molecule has 0 aromatic heterocycles. The van der Waals surface area contributed by atoms with Gasteiger partial charge in [-0.2, -0.15) is 0 Å². The molecular weight excluding hydrogens is 308 g/mol. The van der Waals surface area contributed by atoms with Crippen LogP contribution in [0.15, 0.2) is 53.0 Å². The van der Waals surface area contributed by atoms with Crippen molar-refractivity contribution in [3.05, 3.63) is 64.1 Å². The van der Waals surface area contributed by atoms with Gasteiger partial charge in [0.15, 0.2) is 0 Å². The molecular formula is C15H11BrO3. The van der Waals surface area contributed by atoms with Crippen LogP contribution in [0.1, 0.15) is 11.1 Å². The Bertz CT molecular complexity index is 613. The molecule has 0 radical (unpaired) electrons. The number of hydrogen-bond acceptors (Lipinski definition) is 2. The van der Waals surface area contributed by atoms with Crippen molar-refractivity contribution in [1.82, 2.24) is 0 Å². The molecule has 2 aromatic carbocycles. The smallest absolute Gasteiger partial charge is 0.336 e. The van der Waals surface area contributed by atoms with E-state index in [4.69, 9.17) is 0 Å². The van der Waals surface area contributed by atoms with E-state index in [1.165, 1.54) is 12.1 Å². The van der Waals surface area contributed by atoms with E-state index >= 15 is 0 Å². The molecule has 19 heavy (non-hydrogen) atoms. The van der Waals surface area contributed by atoms with Crippen molar-refractivity contribution in [1.29, 1.82) is 0 Å². The number of hydrogen-bond donors (Lipinski definition) is 2. The molecule has 96 valence electrons. The normalized spacial score (nSPS) is 11.3. The van der Waals surface area contributed by atoms with E-state index in [1.54, 1.807) is 18.2 Å². The molecule has 0 bridgehead atoms. The fourth-order valence-electron chi connectivity index (χ4n) is 1.64. The fraction of sp³-hybridized carbons (Fsp3) is 0. The highest BCUT2D eigenvalue weighted by atomic mass is 79.9. The number of phenols is 1. The second-order valence-electron chi connectivity index (χ2n) is 3.96. The summed E-state index contributed by atoms with van der Waals surface area (Å²) in [5, 5.41) is 18.5. The van der Waals surface area contributed by atoms with Gasteiger partial charge in [0.1, 0.15) is 5.75 Å². The third-order valence-electron chi connectivity index (χ3n) is 2.59. The van der Waals surface area contributed by atoms with Crippen molar-refractivity contribution in [2.75, 3.05) is 0 Å². The lowest BCUT2D eigenvalue weighted by Crippen LogP contribution is -1.99. The maximum absolute atomic E-state index is 11.3. The maximum Gasteiger partial charge on any atom is 0.336 e. The van der Waals surface area contributed by atoms with Crippen molar-refractivity contribution >= 4 is 33.5 Å². The highest BCUT2D eigenvalue weighted by Gasteiger charge is 2.10. The van der Waals surface area contributed by atoms with Gasteiger partial charge in [-0.25, -0.2) is 4.79 Å². The Hall–Kier alpha value is -2.07. The van der Waals surface area contributed by atoms with Gasteiger partial charge in [0.25, 0.3) is 0 Å². The molecule has 0 amide bonds. The molecule has 4 heteroatoms. The second kappa shape index (κ2) is 5.71. The topological polar surface area (TPSA) is 57.5 Å². The minimum absolute atomic E-state index is 0.108. The molecule has 0 saturated carbocycles. The molecule has 2 rings (SSSR count). The molecule has 0 fully saturated rings. The minimum Gasteiger partial charge on any atom is -0.508 e. The van der Waals surface area contributed by atoms with Crippen LogP contribution in [0, 0.1) is 0 Å². The van der Waals surface area contributed by atoms with E-state index in [9.17, 15) is 15.0 Å². The summed E-state index contributed by atoms with van der Waals surface area (Å²) in [5.41, 5.74) is 1.53. The molecule has 0 unspecified atom stereocenters. The van der Waals surface area contributed by atoms with Gasteiger partial charge in [-0.15, -0.1) is 0 Å². The molecule has 0 aliphatic carbocycles. The Labute approximate surface area is 119 Å². The fourth-order valence-corrected chi connectivity index (χ4v) is 1.90. The second-order valence-corrected chi connectivity index (χ2v) is 4.88. The van der Waals surface area contributed by atoms with E-state index in [0.717, 1.165) is 10.0 Å². The predicted octanol–water partition coefficient (Wildman–Crippen LogP) is 3.78. The van der Waals surface area contributed by atoms with Gasteiger partial charge < -0.3 is 10.2 Å². The highest BCUT2D eigenvalue weighted by Crippen LogP contribution is 2.22. The van der Waals surface area contributed by atoms with Crippen molar-refractivity contribution in [2.45, 2.75) is 0 Å².